The van der Waals surface area contributed by atoms with Crippen LogP contribution in [-0.2, 0) is 0 Å². The highest BCUT2D eigenvalue weighted by molar-refractivity contribution is 6.03. The molecule has 23 heavy (non-hydrogen) atoms. The van der Waals surface area contributed by atoms with E-state index in [1.165, 1.54) is 0 Å². The Hall–Kier alpha value is -2.63. The molecule has 6 nitrogen and oxygen atoms in total. The molecule has 1 aromatic heterocycles. The van der Waals surface area contributed by atoms with Gasteiger partial charge in [0, 0.05) is 24.5 Å². The number of anilines is 2. The van der Waals surface area contributed by atoms with Crippen LogP contribution in [0.4, 0.5) is 11.6 Å². The largest absolute Gasteiger partial charge is 0.497 e. The van der Waals surface area contributed by atoms with Gasteiger partial charge in [-0.2, -0.15) is 0 Å². The number of nitrogens with one attached hydrogen (secondary N) is 2. The van der Waals surface area contributed by atoms with Crippen molar-refractivity contribution in [1.29, 1.82) is 0 Å². The van der Waals surface area contributed by atoms with Crippen LogP contribution in [0.2, 0.25) is 0 Å². The summed E-state index contributed by atoms with van der Waals surface area (Å²) >= 11 is 0. The third-order valence-corrected chi connectivity index (χ3v) is 3.28. The second kappa shape index (κ2) is 8.73. The van der Waals surface area contributed by atoms with Gasteiger partial charge in [0.1, 0.15) is 11.4 Å². The summed E-state index contributed by atoms with van der Waals surface area (Å²) in [6.45, 7) is 2.95. The van der Waals surface area contributed by atoms with E-state index in [0.717, 1.165) is 25.8 Å². The van der Waals surface area contributed by atoms with Crippen LogP contribution in [0.25, 0.3) is 0 Å². The van der Waals surface area contributed by atoms with E-state index in [-0.39, 0.29) is 5.91 Å². The molecule has 0 spiro atoms. The van der Waals surface area contributed by atoms with E-state index in [1.807, 2.05) is 12.1 Å². The quantitative estimate of drug-likeness (QED) is 0.731. The topological polar surface area (TPSA) is 76.1 Å². The molecule has 2 rings (SSSR count). The van der Waals surface area contributed by atoms with E-state index in [0.29, 0.717) is 23.1 Å². The molecular weight excluding hydrogens is 292 g/mol. The van der Waals surface area contributed by atoms with Gasteiger partial charge in [0.05, 0.1) is 7.11 Å². The Morgan fingerprint density at radius 1 is 1.26 bits per heavy atom. The Morgan fingerprint density at radius 2 is 2.13 bits per heavy atom. The van der Waals surface area contributed by atoms with Crippen molar-refractivity contribution in [2.75, 3.05) is 24.3 Å². The summed E-state index contributed by atoms with van der Waals surface area (Å²) in [6.07, 6.45) is 4.95. The molecule has 0 atom stereocenters. The molecule has 0 bridgehead atoms. The third kappa shape index (κ3) is 5.25. The highest BCUT2D eigenvalue weighted by atomic mass is 16.5. The van der Waals surface area contributed by atoms with Gasteiger partial charge in [0.15, 0.2) is 0 Å². The Morgan fingerprint density at radius 3 is 2.91 bits per heavy atom. The molecule has 1 amide bonds. The van der Waals surface area contributed by atoms with Gasteiger partial charge in [-0.05, 0) is 24.6 Å². The van der Waals surface area contributed by atoms with E-state index in [4.69, 9.17) is 4.74 Å². The van der Waals surface area contributed by atoms with Crippen LogP contribution in [0.1, 0.15) is 36.7 Å². The van der Waals surface area contributed by atoms with Gasteiger partial charge in [0.25, 0.3) is 5.91 Å². The first-order chi connectivity index (χ1) is 11.2. The van der Waals surface area contributed by atoms with Crippen molar-refractivity contribution >= 4 is 17.5 Å². The number of carbonyl (C=O) groups excluding carboxylic acids is 1. The van der Waals surface area contributed by atoms with Crippen molar-refractivity contribution in [3.63, 3.8) is 0 Å². The van der Waals surface area contributed by atoms with Gasteiger partial charge in [-0.25, -0.2) is 9.97 Å². The van der Waals surface area contributed by atoms with Crippen LogP contribution in [0.3, 0.4) is 0 Å². The number of amides is 1. The maximum Gasteiger partial charge on any atom is 0.274 e. The minimum absolute atomic E-state index is 0.280. The van der Waals surface area contributed by atoms with Crippen LogP contribution >= 0.6 is 0 Å². The predicted molar refractivity (Wildman–Crippen MR) is 91.0 cm³/mol. The molecule has 2 aromatic rings. The smallest absolute Gasteiger partial charge is 0.274 e. The molecule has 0 aliphatic carbocycles. The Labute approximate surface area is 136 Å². The van der Waals surface area contributed by atoms with Gasteiger partial charge in [-0.15, -0.1) is 0 Å². The number of carbonyl (C=O) groups is 1. The molecule has 1 heterocycles. The van der Waals surface area contributed by atoms with Crippen molar-refractivity contribution < 1.29 is 9.53 Å². The van der Waals surface area contributed by atoms with E-state index < -0.39 is 0 Å². The van der Waals surface area contributed by atoms with Crippen LogP contribution < -0.4 is 15.4 Å². The number of benzene rings is 1. The van der Waals surface area contributed by atoms with E-state index in [9.17, 15) is 4.79 Å². The number of aromatic nitrogens is 2. The number of hydrogen-bond donors (Lipinski definition) is 2. The zero-order chi connectivity index (χ0) is 16.5. The number of ether oxygens (including phenoxy) is 1. The zero-order valence-corrected chi connectivity index (χ0v) is 13.5. The van der Waals surface area contributed by atoms with E-state index in [2.05, 4.69) is 27.5 Å². The van der Waals surface area contributed by atoms with Crippen LogP contribution in [0.5, 0.6) is 5.75 Å². The molecule has 122 valence electrons. The molecular formula is C17H22N4O2. The van der Waals surface area contributed by atoms with E-state index in [1.54, 1.807) is 31.5 Å². The maximum absolute atomic E-state index is 12.3. The number of nitrogens with zero attached hydrogens (tertiary/aromatic N) is 2. The van der Waals surface area contributed by atoms with Gasteiger partial charge < -0.3 is 15.4 Å². The normalized spacial score (nSPS) is 10.2. The fraction of sp³-hybridized carbons (Fsp3) is 0.353. The average Bonchev–Trinajstić information content (AvgIpc) is 2.59. The third-order valence-electron chi connectivity index (χ3n) is 3.28. The molecule has 0 saturated carbocycles. The van der Waals surface area contributed by atoms with Crippen LogP contribution in [0.15, 0.2) is 36.5 Å². The molecule has 0 fully saturated rings. The standard InChI is InChI=1S/C17H22N4O2/c1-3-4-5-10-18-17-19-11-9-15(21-17)16(22)20-13-7-6-8-14(12-13)23-2/h6-9,11-12H,3-5,10H2,1-2H3,(H,20,22)(H,18,19,21). The lowest BCUT2D eigenvalue weighted by Gasteiger charge is -2.08. The SMILES string of the molecule is CCCCCNc1nccc(C(=O)Nc2cccc(OC)c2)n1. The molecule has 0 unspecified atom stereocenters. The fourth-order valence-electron chi connectivity index (χ4n) is 2.04. The Balaban J connectivity index is 1.98. The minimum Gasteiger partial charge on any atom is -0.497 e. The lowest BCUT2D eigenvalue weighted by Crippen LogP contribution is -2.15. The molecule has 0 radical (unpaired) electrons. The first-order valence-electron chi connectivity index (χ1n) is 7.75. The number of methoxy groups -OCH3 is 1. The summed E-state index contributed by atoms with van der Waals surface area (Å²) in [5, 5.41) is 5.93. The Kier molecular flexibility index (Phi) is 6.35. The highest BCUT2D eigenvalue weighted by Crippen LogP contribution is 2.17. The summed E-state index contributed by atoms with van der Waals surface area (Å²) in [5.74, 6) is 0.875. The Bertz CT molecular complexity index is 646. The summed E-state index contributed by atoms with van der Waals surface area (Å²) < 4.78 is 5.14. The molecule has 6 heteroatoms. The summed E-state index contributed by atoms with van der Waals surface area (Å²) in [4.78, 5) is 20.6. The highest BCUT2D eigenvalue weighted by Gasteiger charge is 2.09. The van der Waals surface area contributed by atoms with Gasteiger partial charge in [-0.1, -0.05) is 25.8 Å². The van der Waals surface area contributed by atoms with Crippen molar-refractivity contribution in [1.82, 2.24) is 9.97 Å². The second-order valence-electron chi connectivity index (χ2n) is 5.09. The van der Waals surface area contributed by atoms with Gasteiger partial charge in [0.2, 0.25) is 5.95 Å². The van der Waals surface area contributed by atoms with Gasteiger partial charge in [-0.3, -0.25) is 4.79 Å². The lowest BCUT2D eigenvalue weighted by molar-refractivity contribution is 0.102. The monoisotopic (exact) mass is 314 g/mol. The average molecular weight is 314 g/mol. The van der Waals surface area contributed by atoms with Crippen molar-refractivity contribution in [3.8, 4) is 5.75 Å². The van der Waals surface area contributed by atoms with Crippen molar-refractivity contribution in [3.05, 3.63) is 42.2 Å². The summed E-state index contributed by atoms with van der Waals surface area (Å²) in [7, 11) is 1.59. The molecule has 0 saturated heterocycles. The molecule has 2 N–H and O–H groups in total. The first kappa shape index (κ1) is 16.7. The zero-order valence-electron chi connectivity index (χ0n) is 13.5. The van der Waals surface area contributed by atoms with Crippen LogP contribution in [-0.4, -0.2) is 29.5 Å². The predicted octanol–water partition coefficient (Wildman–Crippen LogP) is 3.34. The van der Waals surface area contributed by atoms with E-state index >= 15 is 0 Å². The molecule has 1 aromatic carbocycles. The summed E-state index contributed by atoms with van der Waals surface area (Å²) in [6, 6.07) is 8.77. The van der Waals surface area contributed by atoms with Gasteiger partial charge >= 0.3 is 0 Å². The lowest BCUT2D eigenvalue weighted by atomic mass is 10.2. The fourth-order valence-corrected chi connectivity index (χ4v) is 2.04. The summed E-state index contributed by atoms with van der Waals surface area (Å²) in [5.41, 5.74) is 0.978. The minimum atomic E-state index is -0.280. The maximum atomic E-state index is 12.3. The number of rotatable bonds is 8. The van der Waals surface area contributed by atoms with Crippen molar-refractivity contribution in [2.45, 2.75) is 26.2 Å². The number of unbranched alkanes of at least 4 members (excludes halogenated alkanes) is 2. The second-order valence-corrected chi connectivity index (χ2v) is 5.09. The number of hydrogen-bond acceptors (Lipinski definition) is 5. The van der Waals surface area contributed by atoms with Crippen LogP contribution in [0, 0.1) is 0 Å². The molecule has 0 aliphatic heterocycles. The molecule has 0 aliphatic rings. The first-order valence-corrected chi connectivity index (χ1v) is 7.75. The van der Waals surface area contributed by atoms with Crippen molar-refractivity contribution in [2.24, 2.45) is 0 Å².